The van der Waals surface area contributed by atoms with Gasteiger partial charge in [0.25, 0.3) is 0 Å². The van der Waals surface area contributed by atoms with Crippen molar-refractivity contribution < 1.29 is 57.6 Å². The molecule has 0 aliphatic heterocycles. The van der Waals surface area contributed by atoms with Crippen LogP contribution in [0.15, 0.2) is 35.5 Å². The van der Waals surface area contributed by atoms with Crippen molar-refractivity contribution >= 4 is 134 Å². The molecule has 0 aliphatic rings. The Bertz CT molecular complexity index is 1850. The van der Waals surface area contributed by atoms with Crippen LogP contribution in [0.1, 0.15) is 18.9 Å². The molecule has 29 heteroatoms. The van der Waals surface area contributed by atoms with Crippen LogP contribution in [-0.2, 0) is 57.6 Å². The van der Waals surface area contributed by atoms with Crippen molar-refractivity contribution in [1.29, 1.82) is 0 Å². The second kappa shape index (κ2) is 24.3. The third-order valence-corrected chi connectivity index (χ3v) is 66.9. The van der Waals surface area contributed by atoms with Gasteiger partial charge in [-0.3, -0.25) is 0 Å². The number of hydrogen-bond acceptors (Lipinski definition) is 14. The number of benzene rings is 1. The first-order chi connectivity index (χ1) is 30.4. The Morgan fingerprint density at radius 3 is 0.657 bits per heavy atom. The maximum atomic E-state index is 7.02. The summed E-state index contributed by atoms with van der Waals surface area (Å²) in [6.45, 7) is 67.5. The van der Waals surface area contributed by atoms with Crippen molar-refractivity contribution in [2.75, 3.05) is 0 Å². The molecule has 0 aromatic heterocycles. The van der Waals surface area contributed by atoms with Gasteiger partial charge in [-0.2, -0.15) is 0 Å². The topological polar surface area (TPSA) is 129 Å². The first kappa shape index (κ1) is 69.7. The van der Waals surface area contributed by atoms with E-state index in [1.807, 2.05) is 6.07 Å². The predicted octanol–water partition coefficient (Wildman–Crippen LogP) is 14.4. The Morgan fingerprint density at radius 2 is 0.471 bits per heavy atom. The molecule has 0 fully saturated rings. The monoisotopic (exact) mass is 1240 g/mol. The fraction of sp³-hybridized carbons (Fsp3) is 0.805. The van der Waals surface area contributed by atoms with Gasteiger partial charge in [-0.25, -0.2) is 0 Å². The van der Waals surface area contributed by atoms with E-state index in [4.69, 9.17) is 57.6 Å². The first-order valence-electron chi connectivity index (χ1n) is 25.0. The van der Waals surface area contributed by atoms with Crippen molar-refractivity contribution in [3.63, 3.8) is 0 Å². The van der Waals surface area contributed by atoms with Gasteiger partial charge in [-0.1, -0.05) is 48.5 Å². The van der Waals surface area contributed by atoms with E-state index in [9.17, 15) is 0 Å². The summed E-state index contributed by atoms with van der Waals surface area (Å²) in [5.41, 5.74) is 1.19. The van der Waals surface area contributed by atoms with E-state index in [1.54, 1.807) is 0 Å². The normalized spacial score (nSPS) is 15.8. The number of hydrogen-bond donors (Lipinski definition) is 0. The molecule has 0 aliphatic carbocycles. The van der Waals surface area contributed by atoms with E-state index in [0.29, 0.717) is 0 Å². The van der Waals surface area contributed by atoms with E-state index >= 15 is 0 Å². The molecule has 0 amide bonds. The van der Waals surface area contributed by atoms with Gasteiger partial charge in [0.2, 0.25) is 8.32 Å². The molecule has 0 radical (unpaired) electrons. The van der Waals surface area contributed by atoms with Crippen LogP contribution in [0.3, 0.4) is 0 Å². The summed E-state index contributed by atoms with van der Waals surface area (Å²) in [6.07, 6.45) is 3.22. The van der Waals surface area contributed by atoms with E-state index in [0.717, 1.165) is 6.42 Å². The summed E-state index contributed by atoms with van der Waals surface area (Å²) in [5.74, 6) is 0. The van der Waals surface area contributed by atoms with Crippen LogP contribution in [0, 0.1) is 0 Å². The lowest BCUT2D eigenvalue weighted by Gasteiger charge is -2.45. The molecule has 0 saturated heterocycles. The Balaban J connectivity index is 2.99. The lowest BCUT2D eigenvalue weighted by molar-refractivity contribution is 0.251. The van der Waals surface area contributed by atoms with Crippen LogP contribution in [0.5, 0.6) is 0 Å². The average molecular weight is 1240 g/mol. The van der Waals surface area contributed by atoms with Crippen LogP contribution in [0.4, 0.5) is 0 Å². The zero-order valence-corrected chi connectivity index (χ0v) is 65.4. The molecule has 1 aromatic rings. The first-order valence-corrected chi connectivity index (χ1v) is 67.9. The van der Waals surface area contributed by atoms with Gasteiger partial charge in [0.05, 0.1) is 0 Å². The Hall–Kier alpha value is 1.65. The van der Waals surface area contributed by atoms with Crippen molar-refractivity contribution in [1.82, 2.24) is 0 Å². The fourth-order valence-corrected chi connectivity index (χ4v) is 86.8. The molecular weight excluding hydrogens is 1140 g/mol. The second-order valence-electron chi connectivity index (χ2n) is 25.7. The molecule has 0 N–H and O–H groups in total. The van der Waals surface area contributed by atoms with Gasteiger partial charge >= 0.3 is 111 Å². The summed E-state index contributed by atoms with van der Waals surface area (Å²) >= 11 is 0. The SMILES string of the molecule is CCC(=Cc1ccccc1)[Si](C)(C)O[Si](C)(C)O[Si](C)(C)O[Si](C)(C)O[Si](C)(C)O[Si](C)(C)O[Si](C)(C)O[Si](C)(C)O[Si](C)(C)O[Si](C)(C)O[Si](C)(C)O[Si](C)(C)O[Si](C)(C)O[Si](C)(C)O[Si](C)(C)C. The van der Waals surface area contributed by atoms with Crippen LogP contribution >= 0.6 is 0 Å². The maximum Gasteiger partial charge on any atom is 0.314 e. The third-order valence-electron chi connectivity index (χ3n) is 9.25. The molecule has 0 bridgehead atoms. The summed E-state index contributed by atoms with van der Waals surface area (Å²) < 4.78 is 95.9. The minimum Gasteiger partial charge on any atom is -0.437 e. The minimum atomic E-state index is -2.81. The Kier molecular flexibility index (Phi) is 24.2. The lowest BCUT2D eigenvalue weighted by atomic mass is 10.2. The van der Waals surface area contributed by atoms with Gasteiger partial charge < -0.3 is 57.6 Å². The van der Waals surface area contributed by atoms with E-state index < -0.39 is 128 Å². The molecule has 0 saturated carbocycles. The smallest absolute Gasteiger partial charge is 0.314 e. The summed E-state index contributed by atoms with van der Waals surface area (Å²) in [6, 6.07) is 10.5. The predicted molar refractivity (Wildman–Crippen MR) is 328 cm³/mol. The van der Waals surface area contributed by atoms with Crippen LogP contribution in [-0.4, -0.2) is 128 Å². The van der Waals surface area contributed by atoms with Gasteiger partial charge in [0.15, 0.2) is 8.32 Å². The van der Waals surface area contributed by atoms with Crippen molar-refractivity contribution in [2.45, 2.75) is 216 Å². The molecule has 0 spiro atoms. The lowest BCUT2D eigenvalue weighted by Crippen LogP contribution is -2.63. The van der Waals surface area contributed by atoms with E-state index in [-0.39, 0.29) is 0 Å². The third kappa shape index (κ3) is 29.4. The molecule has 0 atom stereocenters. The molecule has 1 rings (SSSR count). The quantitative estimate of drug-likeness (QED) is 0.0654. The highest BCUT2D eigenvalue weighted by molar-refractivity contribution is 6.95. The summed E-state index contributed by atoms with van der Waals surface area (Å²) in [7, 11) is -39.4. The van der Waals surface area contributed by atoms with Crippen molar-refractivity contribution in [3.8, 4) is 0 Å². The second-order valence-corrected chi connectivity index (χ2v) is 81.4. The summed E-state index contributed by atoms with van der Waals surface area (Å²) in [5, 5.41) is 1.35. The maximum absolute atomic E-state index is 7.02. The van der Waals surface area contributed by atoms with Crippen molar-refractivity contribution in [3.05, 3.63) is 41.1 Å². The van der Waals surface area contributed by atoms with Gasteiger partial charge in [-0.15, -0.1) is 0 Å². The summed E-state index contributed by atoms with van der Waals surface area (Å²) in [4.78, 5) is 0. The van der Waals surface area contributed by atoms with E-state index in [1.165, 1.54) is 10.8 Å². The van der Waals surface area contributed by atoms with Crippen LogP contribution in [0.25, 0.3) is 6.08 Å². The zero-order valence-electron chi connectivity index (χ0n) is 50.4. The van der Waals surface area contributed by atoms with Crippen LogP contribution < -0.4 is 0 Å². The van der Waals surface area contributed by atoms with E-state index in [2.05, 4.69) is 240 Å². The molecule has 1 aromatic carbocycles. The fourth-order valence-electron chi connectivity index (χ4n) is 10.2. The number of rotatable bonds is 31. The largest absolute Gasteiger partial charge is 0.437 e. The van der Waals surface area contributed by atoms with Crippen LogP contribution in [0.2, 0.25) is 203 Å². The van der Waals surface area contributed by atoms with Gasteiger partial charge in [0.1, 0.15) is 0 Å². The zero-order chi connectivity index (χ0) is 55.5. The molecule has 0 heterocycles. The minimum absolute atomic E-state index is 0.928. The average Bonchev–Trinajstić information content (AvgIpc) is 2.94. The van der Waals surface area contributed by atoms with Crippen molar-refractivity contribution in [2.24, 2.45) is 0 Å². The highest BCUT2D eigenvalue weighted by atomic mass is 28.5. The highest BCUT2D eigenvalue weighted by Gasteiger charge is 2.53. The molecular formula is C41H104O14Si15. The standard InChI is InChI=1S/C41H104O14Si15/c1-33-41(39-40-37-35-34-36-38-40)57(5,6)43-59(9,10)45-61(13,14)47-63(17,18)49-65(21,22)51-67(25,26)53-69(29,30)55-70(31,32)54-68(27,28)52-66(23,24)50-64(19,20)48-62(15,16)46-60(11,12)44-58(7,8)42-56(2,3)4/h34-39H,33H2,1-32H3. The van der Waals surface area contributed by atoms with Gasteiger partial charge in [-0.05, 0) is 215 Å². The molecule has 70 heavy (non-hydrogen) atoms. The molecule has 14 nitrogen and oxygen atoms in total. The molecule has 412 valence electrons. The Labute approximate surface area is 445 Å². The highest BCUT2D eigenvalue weighted by Crippen LogP contribution is 2.34. The van der Waals surface area contributed by atoms with Gasteiger partial charge in [0, 0.05) is 0 Å². The molecule has 0 unspecified atom stereocenters. The number of allylic oxidation sites excluding steroid dienone is 1. The Morgan fingerprint density at radius 1 is 0.286 bits per heavy atom.